The van der Waals surface area contributed by atoms with E-state index in [4.69, 9.17) is 4.74 Å². The molecule has 0 aromatic carbocycles. The smallest absolute Gasteiger partial charge is 0.0597 e. The molecule has 2 nitrogen and oxygen atoms in total. The molecule has 3 heteroatoms. The van der Waals surface area contributed by atoms with Crippen LogP contribution < -0.4 is 5.32 Å². The minimum atomic E-state index is 0.365. The second-order valence-electron chi connectivity index (χ2n) is 4.44. The number of ether oxygens (including phenoxy) is 1. The van der Waals surface area contributed by atoms with Crippen LogP contribution in [0.1, 0.15) is 10.4 Å². The van der Waals surface area contributed by atoms with Gasteiger partial charge in [-0.2, -0.15) is 0 Å². The van der Waals surface area contributed by atoms with E-state index in [9.17, 15) is 0 Å². The van der Waals surface area contributed by atoms with E-state index >= 15 is 0 Å². The molecule has 0 radical (unpaired) electrons. The highest BCUT2D eigenvalue weighted by Gasteiger charge is 2.50. The van der Waals surface area contributed by atoms with Gasteiger partial charge in [0, 0.05) is 18.0 Å². The summed E-state index contributed by atoms with van der Waals surface area (Å²) in [6.07, 6.45) is 0. The molecule has 1 N–H and O–H groups in total. The van der Waals surface area contributed by atoms with Gasteiger partial charge in [0.1, 0.15) is 0 Å². The van der Waals surface area contributed by atoms with Crippen molar-refractivity contribution >= 4 is 11.3 Å². The van der Waals surface area contributed by atoms with Gasteiger partial charge in [0.05, 0.1) is 18.6 Å². The number of rotatable bonds is 2. The quantitative estimate of drug-likeness (QED) is 0.798. The van der Waals surface area contributed by atoms with Crippen molar-refractivity contribution in [3.8, 4) is 0 Å². The zero-order valence-corrected chi connectivity index (χ0v) is 9.19. The zero-order valence-electron chi connectivity index (χ0n) is 8.38. The Morgan fingerprint density at radius 2 is 2.29 bits per heavy atom. The van der Waals surface area contributed by atoms with Gasteiger partial charge < -0.3 is 10.1 Å². The number of hydrogen-bond acceptors (Lipinski definition) is 3. The van der Waals surface area contributed by atoms with E-state index in [2.05, 4.69) is 23.7 Å². The largest absolute Gasteiger partial charge is 0.379 e. The molecule has 0 saturated carbocycles. The predicted molar refractivity (Wildman–Crippen MR) is 57.9 cm³/mol. The summed E-state index contributed by atoms with van der Waals surface area (Å²) in [4.78, 5) is 1.57. The minimum Gasteiger partial charge on any atom is -0.379 e. The fraction of sp³-hybridized carbons (Fsp3) is 0.636. The normalized spacial score (nSPS) is 25.5. The van der Waals surface area contributed by atoms with E-state index < -0.39 is 0 Å². The van der Waals surface area contributed by atoms with E-state index in [-0.39, 0.29) is 0 Å². The van der Waals surface area contributed by atoms with Crippen molar-refractivity contribution in [2.45, 2.75) is 12.3 Å². The second-order valence-corrected chi connectivity index (χ2v) is 5.35. The Balaban J connectivity index is 1.96. The molecule has 3 rings (SSSR count). The minimum absolute atomic E-state index is 0.365. The lowest BCUT2D eigenvalue weighted by atomic mass is 9.69. The molecular formula is C11H15NOS. The van der Waals surface area contributed by atoms with Crippen molar-refractivity contribution < 1.29 is 4.74 Å². The topological polar surface area (TPSA) is 21.3 Å². The van der Waals surface area contributed by atoms with Crippen LogP contribution in [0.15, 0.2) is 11.4 Å². The highest BCUT2D eigenvalue weighted by atomic mass is 32.1. The van der Waals surface area contributed by atoms with Gasteiger partial charge in [-0.05, 0) is 29.9 Å². The van der Waals surface area contributed by atoms with Crippen LogP contribution in [-0.4, -0.2) is 26.3 Å². The van der Waals surface area contributed by atoms with Gasteiger partial charge in [0.25, 0.3) is 0 Å². The summed E-state index contributed by atoms with van der Waals surface area (Å²) in [5.74, 6) is 0.800. The van der Waals surface area contributed by atoms with Gasteiger partial charge in [0.2, 0.25) is 0 Å². The van der Waals surface area contributed by atoms with Crippen LogP contribution in [0.5, 0.6) is 0 Å². The highest BCUT2D eigenvalue weighted by Crippen LogP contribution is 2.44. The number of aryl methyl sites for hydroxylation is 1. The molecule has 76 valence electrons. The van der Waals surface area contributed by atoms with Crippen molar-refractivity contribution in [1.82, 2.24) is 5.32 Å². The third-order valence-corrected chi connectivity index (χ3v) is 4.83. The Morgan fingerprint density at radius 3 is 2.64 bits per heavy atom. The third kappa shape index (κ3) is 1.03. The standard InChI is InChI=1S/C11H15NOS/c1-8-2-3-14-10(8)11(6-13-7-11)9-4-12-5-9/h2-3,9,12H,4-7H2,1H3. The lowest BCUT2D eigenvalue weighted by Crippen LogP contribution is -2.62. The van der Waals surface area contributed by atoms with Crippen LogP contribution >= 0.6 is 11.3 Å². The lowest BCUT2D eigenvalue weighted by Gasteiger charge is -2.51. The Bertz CT molecular complexity index is 339. The first-order valence-electron chi connectivity index (χ1n) is 5.16. The number of nitrogens with one attached hydrogen (secondary N) is 1. The first-order chi connectivity index (χ1) is 6.83. The zero-order chi connectivity index (χ0) is 9.60. The summed E-state index contributed by atoms with van der Waals surface area (Å²) in [6, 6.07) is 2.23. The van der Waals surface area contributed by atoms with Crippen molar-refractivity contribution in [2.24, 2.45) is 5.92 Å². The Labute approximate surface area is 88.3 Å². The van der Waals surface area contributed by atoms with E-state index in [0.717, 1.165) is 19.1 Å². The van der Waals surface area contributed by atoms with Gasteiger partial charge in [-0.1, -0.05) is 0 Å². The molecule has 1 aromatic rings. The third-order valence-electron chi connectivity index (χ3n) is 3.60. The van der Waals surface area contributed by atoms with Gasteiger partial charge >= 0.3 is 0 Å². The molecule has 0 aliphatic carbocycles. The first kappa shape index (κ1) is 8.89. The van der Waals surface area contributed by atoms with Crippen LogP contribution in [0.25, 0.3) is 0 Å². The second kappa shape index (κ2) is 3.05. The Kier molecular flexibility index (Phi) is 1.94. The molecule has 0 atom stereocenters. The molecular weight excluding hydrogens is 194 g/mol. The van der Waals surface area contributed by atoms with Crippen molar-refractivity contribution in [2.75, 3.05) is 26.3 Å². The van der Waals surface area contributed by atoms with Crippen LogP contribution in [0.2, 0.25) is 0 Å². The molecule has 3 heterocycles. The van der Waals surface area contributed by atoms with Gasteiger partial charge in [-0.15, -0.1) is 11.3 Å². The summed E-state index contributed by atoms with van der Waals surface area (Å²) >= 11 is 1.90. The molecule has 0 unspecified atom stereocenters. The lowest BCUT2D eigenvalue weighted by molar-refractivity contribution is -0.0993. The fourth-order valence-electron chi connectivity index (χ4n) is 2.44. The van der Waals surface area contributed by atoms with E-state index in [1.807, 2.05) is 11.3 Å². The van der Waals surface area contributed by atoms with Crippen molar-refractivity contribution in [3.05, 3.63) is 21.9 Å². The molecule has 2 fully saturated rings. The average molecular weight is 209 g/mol. The molecule has 2 saturated heterocycles. The monoisotopic (exact) mass is 209 g/mol. The highest BCUT2D eigenvalue weighted by molar-refractivity contribution is 7.10. The SMILES string of the molecule is Cc1ccsc1C1(C2CNC2)COC1. The fourth-order valence-corrected chi connectivity index (χ4v) is 3.62. The van der Waals surface area contributed by atoms with E-state index in [1.165, 1.54) is 18.7 Å². The maximum atomic E-state index is 5.45. The molecule has 0 spiro atoms. The predicted octanol–water partition coefficient (Wildman–Crippen LogP) is 1.54. The maximum Gasteiger partial charge on any atom is 0.0597 e. The molecule has 1 aromatic heterocycles. The van der Waals surface area contributed by atoms with Crippen molar-refractivity contribution in [1.29, 1.82) is 0 Å². The van der Waals surface area contributed by atoms with E-state index in [0.29, 0.717) is 5.41 Å². The summed E-state index contributed by atoms with van der Waals surface area (Å²) in [5, 5.41) is 5.57. The maximum absolute atomic E-state index is 5.45. The number of hydrogen-bond donors (Lipinski definition) is 1. The van der Waals surface area contributed by atoms with Crippen LogP contribution in [0, 0.1) is 12.8 Å². The van der Waals surface area contributed by atoms with Crippen LogP contribution in [0.4, 0.5) is 0 Å². The van der Waals surface area contributed by atoms with Gasteiger partial charge in [-0.25, -0.2) is 0 Å². The summed E-state index contributed by atoms with van der Waals surface area (Å²) in [5.41, 5.74) is 1.81. The molecule has 14 heavy (non-hydrogen) atoms. The molecule has 2 aliphatic heterocycles. The summed E-state index contributed by atoms with van der Waals surface area (Å²) < 4.78 is 5.45. The van der Waals surface area contributed by atoms with Crippen molar-refractivity contribution in [3.63, 3.8) is 0 Å². The molecule has 2 aliphatic rings. The van der Waals surface area contributed by atoms with E-state index in [1.54, 1.807) is 4.88 Å². The van der Waals surface area contributed by atoms with Crippen LogP contribution in [-0.2, 0) is 10.2 Å². The Morgan fingerprint density at radius 1 is 1.50 bits per heavy atom. The number of thiophene rings is 1. The molecule has 0 amide bonds. The van der Waals surface area contributed by atoms with Gasteiger partial charge in [-0.3, -0.25) is 0 Å². The average Bonchev–Trinajstić information content (AvgIpc) is 2.40. The Hall–Kier alpha value is -0.380. The summed E-state index contributed by atoms with van der Waals surface area (Å²) in [6.45, 7) is 6.42. The van der Waals surface area contributed by atoms with Crippen LogP contribution in [0.3, 0.4) is 0 Å². The van der Waals surface area contributed by atoms with Gasteiger partial charge in [0.15, 0.2) is 0 Å². The molecule has 0 bridgehead atoms. The first-order valence-corrected chi connectivity index (χ1v) is 6.04. The summed E-state index contributed by atoms with van der Waals surface area (Å²) in [7, 11) is 0.